The molecule has 2 aliphatic rings. The van der Waals surface area contributed by atoms with Crippen molar-refractivity contribution in [3.05, 3.63) is 29.8 Å². The Balaban J connectivity index is 1.55. The van der Waals surface area contributed by atoms with Crippen LogP contribution in [-0.2, 0) is 19.6 Å². The average Bonchev–Trinajstić information content (AvgIpc) is 2.67. The third-order valence-electron chi connectivity index (χ3n) is 5.12. The molecule has 1 saturated carbocycles. The monoisotopic (exact) mass is 449 g/mol. The van der Waals surface area contributed by atoms with Gasteiger partial charge in [-0.1, -0.05) is 18.2 Å². The third kappa shape index (κ3) is 5.76. The first-order valence-electron chi connectivity index (χ1n) is 9.71. The Morgan fingerprint density at radius 2 is 1.90 bits per heavy atom. The molecule has 0 radical (unpaired) electrons. The van der Waals surface area contributed by atoms with Crippen LogP contribution in [0.25, 0.3) is 0 Å². The highest BCUT2D eigenvalue weighted by Crippen LogP contribution is 2.27. The summed E-state index contributed by atoms with van der Waals surface area (Å²) in [5.41, 5.74) is 3.10. The second-order valence-corrected chi connectivity index (χ2v) is 10.3. The molecule has 160 valence electrons. The zero-order valence-electron chi connectivity index (χ0n) is 16.8. The maximum absolute atomic E-state index is 12.5. The Bertz CT molecular complexity index is 961. The van der Waals surface area contributed by atoms with Crippen LogP contribution in [0.15, 0.2) is 39.4 Å². The number of hydrogen-bond donors (Lipinski definition) is 2. The van der Waals surface area contributed by atoms with Crippen molar-refractivity contribution in [2.24, 2.45) is 15.1 Å². The molecule has 1 heterocycles. The number of sulfonamides is 1. The van der Waals surface area contributed by atoms with Crippen LogP contribution in [0, 0.1) is 6.92 Å². The van der Waals surface area contributed by atoms with Gasteiger partial charge in [0.05, 0.1) is 11.3 Å². The van der Waals surface area contributed by atoms with E-state index in [1.165, 1.54) is 18.5 Å². The van der Waals surface area contributed by atoms with Crippen molar-refractivity contribution in [2.45, 2.75) is 56.9 Å². The molecule has 30 heavy (non-hydrogen) atoms. The van der Waals surface area contributed by atoms with Crippen molar-refractivity contribution in [2.75, 3.05) is 5.32 Å². The van der Waals surface area contributed by atoms with E-state index < -0.39 is 39.3 Å². The lowest BCUT2D eigenvalue weighted by Crippen LogP contribution is -2.45. The van der Waals surface area contributed by atoms with Crippen molar-refractivity contribution >= 4 is 50.8 Å². The number of carbonyl (C=O) groups is 2. The minimum Gasteiger partial charge on any atom is -0.324 e. The van der Waals surface area contributed by atoms with Crippen LogP contribution in [0.4, 0.5) is 5.69 Å². The average molecular weight is 449 g/mol. The van der Waals surface area contributed by atoms with Gasteiger partial charge in [-0.05, 0) is 51.2 Å². The summed E-state index contributed by atoms with van der Waals surface area (Å²) in [5, 5.41) is 10.4. The molecule has 0 spiro atoms. The van der Waals surface area contributed by atoms with E-state index in [4.69, 9.17) is 0 Å². The Hall–Kier alpha value is -2.05. The van der Waals surface area contributed by atoms with E-state index in [1.54, 1.807) is 17.7 Å². The molecular weight excluding hydrogens is 425 g/mol. The quantitative estimate of drug-likeness (QED) is 0.358. The van der Waals surface area contributed by atoms with Gasteiger partial charge in [-0.15, -0.1) is 11.6 Å². The van der Waals surface area contributed by atoms with Gasteiger partial charge in [-0.3, -0.25) is 9.59 Å². The number of Topliss-reactive ketones (excluding diaryl/α,β-unsaturated/α-hetero) is 1. The second-order valence-electron chi connectivity index (χ2n) is 7.38. The number of hydrogen-bond acceptors (Lipinski definition) is 8. The predicted octanol–water partition coefficient (Wildman–Crippen LogP) is 2.33. The Morgan fingerprint density at radius 3 is 2.47 bits per heavy atom. The highest BCUT2D eigenvalue weighted by molar-refractivity contribution is 8.38. The highest BCUT2D eigenvalue weighted by Gasteiger charge is 2.35. The molecule has 1 atom stereocenters. The predicted molar refractivity (Wildman–Crippen MR) is 119 cm³/mol. The van der Waals surface area contributed by atoms with Crippen LogP contribution in [0.2, 0.25) is 0 Å². The van der Waals surface area contributed by atoms with Gasteiger partial charge in [-0.25, -0.2) is 13.1 Å². The molecule has 1 fully saturated rings. The van der Waals surface area contributed by atoms with Crippen molar-refractivity contribution in [1.82, 2.24) is 4.63 Å². The zero-order chi connectivity index (χ0) is 21.7. The number of carbonyl (C=O) groups excluding carboxylic acids is 2. The first kappa shape index (κ1) is 22.6. The normalized spacial score (nSPS) is 22.5. The lowest BCUT2D eigenvalue weighted by atomic mass is 9.96. The summed E-state index contributed by atoms with van der Waals surface area (Å²) >= 11 is 1.33. The SMILES string of the molecule is CC(=O)[C@@H](N=NC1CCC(S(=O)(=O)NB2N=CS2)CC1)C(=O)Nc1ccccc1C. The summed E-state index contributed by atoms with van der Waals surface area (Å²) < 4.78 is 27.4. The van der Waals surface area contributed by atoms with E-state index in [1.807, 2.05) is 19.1 Å². The number of aryl methyl sites for hydroxylation is 1. The maximum atomic E-state index is 12.5. The number of rotatable bonds is 8. The number of anilines is 1. The van der Waals surface area contributed by atoms with Crippen molar-refractivity contribution < 1.29 is 18.0 Å². The Labute approximate surface area is 180 Å². The Morgan fingerprint density at radius 1 is 1.23 bits per heavy atom. The van der Waals surface area contributed by atoms with E-state index in [2.05, 4.69) is 25.1 Å². The third-order valence-corrected chi connectivity index (χ3v) is 7.91. The van der Waals surface area contributed by atoms with Crippen molar-refractivity contribution in [3.63, 3.8) is 0 Å². The van der Waals surface area contributed by atoms with Gasteiger partial charge in [-0.2, -0.15) is 10.2 Å². The highest BCUT2D eigenvalue weighted by atomic mass is 32.2. The second kappa shape index (κ2) is 9.84. The van der Waals surface area contributed by atoms with Crippen molar-refractivity contribution in [3.8, 4) is 0 Å². The molecule has 1 aromatic rings. The van der Waals surface area contributed by atoms with E-state index in [9.17, 15) is 18.0 Å². The van der Waals surface area contributed by atoms with Crippen molar-refractivity contribution in [1.29, 1.82) is 0 Å². The van der Waals surface area contributed by atoms with Gasteiger partial charge in [0.25, 0.3) is 5.91 Å². The molecule has 0 aromatic heterocycles. The largest absolute Gasteiger partial charge is 0.450 e. The molecule has 0 bridgehead atoms. The van der Waals surface area contributed by atoms with Crippen LogP contribution in [0.1, 0.15) is 38.2 Å². The summed E-state index contributed by atoms with van der Waals surface area (Å²) in [5.74, 6) is -0.927. The molecule has 2 N–H and O–H groups in total. The topological polar surface area (TPSA) is 129 Å². The van der Waals surface area contributed by atoms with Crippen LogP contribution >= 0.6 is 11.6 Å². The van der Waals surface area contributed by atoms with Crippen LogP contribution in [0.3, 0.4) is 0 Å². The van der Waals surface area contributed by atoms with E-state index in [0.717, 1.165) is 5.56 Å². The standard InChI is InChI=1S/C18H24BN5O4S2/c1-12-5-3-4-6-16(12)21-18(26)17(13(2)25)23-22-14-7-9-15(10-8-14)30(27,28)24-19-20-11-29-19/h3-6,11,14-15,17,24H,7-10H2,1-2H3,(H,21,26)/t14?,15?,17-/m1/s1. The number of nitrogens with one attached hydrogen (secondary N) is 2. The summed E-state index contributed by atoms with van der Waals surface area (Å²) in [6, 6.07) is 5.84. The molecule has 1 aliphatic carbocycles. The Kier molecular flexibility index (Phi) is 7.43. The first-order valence-corrected chi connectivity index (χ1v) is 12.2. The first-order chi connectivity index (χ1) is 14.3. The summed E-state index contributed by atoms with van der Waals surface area (Å²) in [7, 11) is -3.44. The molecule has 3 rings (SSSR count). The number of nitrogens with zero attached hydrogens (tertiary/aromatic N) is 3. The fourth-order valence-electron chi connectivity index (χ4n) is 3.28. The fourth-order valence-corrected chi connectivity index (χ4v) is 5.58. The van der Waals surface area contributed by atoms with Crippen LogP contribution < -0.4 is 9.95 Å². The van der Waals surface area contributed by atoms with Gasteiger partial charge in [0.15, 0.2) is 5.78 Å². The molecule has 0 saturated heterocycles. The van der Waals surface area contributed by atoms with Crippen LogP contribution in [0.5, 0.6) is 0 Å². The minimum absolute atomic E-state index is 0.208. The van der Waals surface area contributed by atoms with E-state index in [-0.39, 0.29) is 6.04 Å². The van der Waals surface area contributed by atoms with Gasteiger partial charge in [0, 0.05) is 11.2 Å². The molecule has 12 heteroatoms. The minimum atomic E-state index is -3.44. The lowest BCUT2D eigenvalue weighted by Gasteiger charge is -2.27. The lowest BCUT2D eigenvalue weighted by molar-refractivity contribution is -0.126. The molecule has 0 unspecified atom stereocenters. The zero-order valence-corrected chi connectivity index (χ0v) is 18.4. The molecule has 1 amide bonds. The number of para-hydroxylation sites is 1. The maximum Gasteiger partial charge on any atom is 0.450 e. The number of ketones is 1. The van der Waals surface area contributed by atoms with Gasteiger partial charge < -0.3 is 10.2 Å². The smallest absolute Gasteiger partial charge is 0.324 e. The number of benzene rings is 1. The molecular formula is C18H24BN5O4S2. The van der Waals surface area contributed by atoms with Gasteiger partial charge in [0.1, 0.15) is 0 Å². The molecule has 1 aromatic carbocycles. The number of azo groups is 1. The summed E-state index contributed by atoms with van der Waals surface area (Å²) in [6.45, 7) is 3.16. The van der Waals surface area contributed by atoms with Gasteiger partial charge >= 0.3 is 6.26 Å². The fraction of sp³-hybridized carbons (Fsp3) is 0.500. The molecule has 9 nitrogen and oxygen atoms in total. The summed E-state index contributed by atoms with van der Waals surface area (Å²) in [4.78, 5) is 28.4. The number of amides is 1. The van der Waals surface area contributed by atoms with E-state index in [0.29, 0.717) is 31.4 Å². The van der Waals surface area contributed by atoms with Gasteiger partial charge in [0.2, 0.25) is 16.1 Å². The molecule has 1 aliphatic heterocycles. The summed E-state index contributed by atoms with van der Waals surface area (Å²) in [6.07, 6.45) is 1.52. The van der Waals surface area contributed by atoms with Crippen LogP contribution in [-0.4, -0.2) is 49.2 Å². The van der Waals surface area contributed by atoms with E-state index >= 15 is 0 Å².